The number of rotatable bonds is 3. The lowest BCUT2D eigenvalue weighted by atomic mass is 10.1. The molecule has 1 atom stereocenters. The molecule has 0 aliphatic carbocycles. The number of nitrogens with zero attached hydrogens (tertiary/aromatic N) is 5. The zero-order valence-electron chi connectivity index (χ0n) is 11.8. The first kappa shape index (κ1) is 12.5. The fourth-order valence-corrected chi connectivity index (χ4v) is 3.16. The Labute approximate surface area is 123 Å². The lowest BCUT2D eigenvalue weighted by Crippen LogP contribution is -2.22. The number of aromatic nitrogens is 4. The van der Waals surface area contributed by atoms with E-state index < -0.39 is 0 Å². The van der Waals surface area contributed by atoms with Crippen LogP contribution in [-0.4, -0.2) is 31.0 Å². The largest absolute Gasteiger partial charge is 0.292 e. The van der Waals surface area contributed by atoms with Crippen molar-refractivity contribution in [1.29, 1.82) is 0 Å². The van der Waals surface area contributed by atoms with Gasteiger partial charge in [0, 0.05) is 31.2 Å². The second-order valence-electron chi connectivity index (χ2n) is 5.51. The molecule has 4 rings (SSSR count). The van der Waals surface area contributed by atoms with E-state index in [1.807, 2.05) is 24.7 Å². The quantitative estimate of drug-likeness (QED) is 0.739. The first-order valence-corrected chi connectivity index (χ1v) is 7.32. The molecule has 106 valence electrons. The first-order chi connectivity index (χ1) is 10.4. The highest BCUT2D eigenvalue weighted by Gasteiger charge is 2.26. The molecule has 21 heavy (non-hydrogen) atoms. The van der Waals surface area contributed by atoms with Crippen LogP contribution in [0.3, 0.4) is 0 Å². The van der Waals surface area contributed by atoms with Gasteiger partial charge in [-0.25, -0.2) is 9.50 Å². The lowest BCUT2D eigenvalue weighted by Gasteiger charge is -2.24. The van der Waals surface area contributed by atoms with Crippen LogP contribution in [0.4, 0.5) is 0 Å². The summed E-state index contributed by atoms with van der Waals surface area (Å²) in [6.07, 6.45) is 9.85. The Morgan fingerprint density at radius 1 is 1.29 bits per heavy atom. The van der Waals surface area contributed by atoms with E-state index in [-0.39, 0.29) is 0 Å². The predicted molar refractivity (Wildman–Crippen MR) is 79.6 cm³/mol. The summed E-state index contributed by atoms with van der Waals surface area (Å²) in [5, 5.41) is 4.14. The highest BCUT2D eigenvalue weighted by Crippen LogP contribution is 2.32. The van der Waals surface area contributed by atoms with E-state index in [0.29, 0.717) is 6.04 Å². The van der Waals surface area contributed by atoms with Crippen molar-refractivity contribution in [3.8, 4) is 0 Å². The van der Waals surface area contributed by atoms with Crippen molar-refractivity contribution < 1.29 is 0 Å². The average Bonchev–Trinajstić information content (AvgIpc) is 3.16. The molecule has 1 unspecified atom stereocenters. The molecule has 1 aliphatic heterocycles. The molecule has 0 bridgehead atoms. The summed E-state index contributed by atoms with van der Waals surface area (Å²) in [6, 6.07) is 8.92. The van der Waals surface area contributed by atoms with Crippen LogP contribution in [0.15, 0.2) is 49.2 Å². The summed E-state index contributed by atoms with van der Waals surface area (Å²) in [5.41, 5.74) is 3.51. The normalized spacial score (nSPS) is 19.3. The monoisotopic (exact) mass is 279 g/mol. The molecule has 0 spiro atoms. The second kappa shape index (κ2) is 5.26. The van der Waals surface area contributed by atoms with Crippen LogP contribution in [-0.2, 0) is 6.54 Å². The molecule has 0 amide bonds. The summed E-state index contributed by atoms with van der Waals surface area (Å²) < 4.78 is 1.80. The van der Waals surface area contributed by atoms with Gasteiger partial charge in [-0.15, -0.1) is 0 Å². The number of pyridine rings is 2. The molecule has 0 saturated carbocycles. The van der Waals surface area contributed by atoms with Gasteiger partial charge in [0.1, 0.15) is 6.33 Å². The van der Waals surface area contributed by atoms with Crippen LogP contribution in [0.2, 0.25) is 0 Å². The van der Waals surface area contributed by atoms with Crippen LogP contribution in [0.1, 0.15) is 30.0 Å². The zero-order valence-corrected chi connectivity index (χ0v) is 11.8. The van der Waals surface area contributed by atoms with Gasteiger partial charge in [0.05, 0.1) is 0 Å². The van der Waals surface area contributed by atoms with Crippen molar-refractivity contribution in [3.05, 3.63) is 60.3 Å². The minimum absolute atomic E-state index is 0.479. The van der Waals surface area contributed by atoms with Gasteiger partial charge >= 0.3 is 0 Å². The summed E-state index contributed by atoms with van der Waals surface area (Å²) in [4.78, 5) is 11.0. The Hall–Kier alpha value is -2.27. The molecule has 0 N–H and O–H groups in total. The van der Waals surface area contributed by atoms with Crippen LogP contribution >= 0.6 is 0 Å². The van der Waals surface area contributed by atoms with E-state index in [9.17, 15) is 0 Å². The standard InChI is InChI=1S/C16H17N5/c1-3-14(10-17-6-1)15-4-2-7-20(15)11-13-5-8-21-16(9-13)18-12-19-21/h1,3,5-6,8-10,12,15H,2,4,7,11H2. The van der Waals surface area contributed by atoms with Gasteiger partial charge in [-0.3, -0.25) is 9.88 Å². The summed E-state index contributed by atoms with van der Waals surface area (Å²) in [7, 11) is 0. The minimum Gasteiger partial charge on any atom is -0.292 e. The predicted octanol–water partition coefficient (Wildman–Crippen LogP) is 2.46. The minimum atomic E-state index is 0.479. The Morgan fingerprint density at radius 3 is 3.19 bits per heavy atom. The number of likely N-dealkylation sites (tertiary alicyclic amines) is 1. The van der Waals surface area contributed by atoms with Crippen molar-refractivity contribution in [1.82, 2.24) is 24.5 Å². The Morgan fingerprint density at radius 2 is 2.29 bits per heavy atom. The summed E-state index contributed by atoms with van der Waals surface area (Å²) in [5.74, 6) is 0. The van der Waals surface area contributed by atoms with E-state index in [1.165, 1.54) is 24.0 Å². The van der Waals surface area contributed by atoms with Gasteiger partial charge in [-0.1, -0.05) is 6.07 Å². The fraction of sp³-hybridized carbons (Fsp3) is 0.312. The van der Waals surface area contributed by atoms with E-state index in [2.05, 4.69) is 38.2 Å². The number of hydrogen-bond donors (Lipinski definition) is 0. The Balaban J connectivity index is 1.57. The van der Waals surface area contributed by atoms with Crippen molar-refractivity contribution in [2.75, 3.05) is 6.54 Å². The van der Waals surface area contributed by atoms with Crippen LogP contribution < -0.4 is 0 Å². The number of hydrogen-bond acceptors (Lipinski definition) is 4. The molecular weight excluding hydrogens is 262 g/mol. The fourth-order valence-electron chi connectivity index (χ4n) is 3.16. The van der Waals surface area contributed by atoms with Crippen molar-refractivity contribution >= 4 is 5.65 Å². The Kier molecular flexibility index (Phi) is 3.12. The molecule has 3 aromatic heterocycles. The average molecular weight is 279 g/mol. The van der Waals surface area contributed by atoms with Crippen LogP contribution in [0, 0.1) is 0 Å². The highest BCUT2D eigenvalue weighted by atomic mass is 15.3. The van der Waals surface area contributed by atoms with E-state index in [1.54, 1.807) is 10.8 Å². The van der Waals surface area contributed by atoms with Gasteiger partial charge < -0.3 is 0 Å². The van der Waals surface area contributed by atoms with E-state index in [4.69, 9.17) is 0 Å². The van der Waals surface area contributed by atoms with E-state index >= 15 is 0 Å². The van der Waals surface area contributed by atoms with Gasteiger partial charge in [0.2, 0.25) is 0 Å². The van der Waals surface area contributed by atoms with Crippen LogP contribution in [0.5, 0.6) is 0 Å². The summed E-state index contributed by atoms with van der Waals surface area (Å²) >= 11 is 0. The maximum atomic E-state index is 4.26. The molecule has 0 radical (unpaired) electrons. The van der Waals surface area contributed by atoms with Crippen LogP contribution in [0.25, 0.3) is 5.65 Å². The molecule has 4 heterocycles. The highest BCUT2D eigenvalue weighted by molar-refractivity contribution is 5.39. The SMILES string of the molecule is c1cncc(C2CCCN2Cc2ccn3ncnc3c2)c1. The third kappa shape index (κ3) is 2.40. The number of fused-ring (bicyclic) bond motifs is 1. The third-order valence-electron chi connectivity index (χ3n) is 4.16. The smallest absolute Gasteiger partial charge is 0.155 e. The first-order valence-electron chi connectivity index (χ1n) is 7.32. The third-order valence-corrected chi connectivity index (χ3v) is 4.16. The maximum Gasteiger partial charge on any atom is 0.155 e. The second-order valence-corrected chi connectivity index (χ2v) is 5.51. The maximum absolute atomic E-state index is 4.26. The van der Waals surface area contributed by atoms with Gasteiger partial charge in [-0.2, -0.15) is 5.10 Å². The molecule has 1 fully saturated rings. The van der Waals surface area contributed by atoms with Crippen molar-refractivity contribution in [3.63, 3.8) is 0 Å². The molecule has 0 aromatic carbocycles. The Bertz CT molecular complexity index is 737. The lowest BCUT2D eigenvalue weighted by molar-refractivity contribution is 0.248. The molecule has 5 heteroatoms. The molecule has 1 aliphatic rings. The van der Waals surface area contributed by atoms with Gasteiger partial charge in [0.25, 0.3) is 0 Å². The van der Waals surface area contributed by atoms with Gasteiger partial charge in [0.15, 0.2) is 5.65 Å². The molecular formula is C16H17N5. The molecule has 1 saturated heterocycles. The van der Waals surface area contributed by atoms with E-state index in [0.717, 1.165) is 18.7 Å². The zero-order chi connectivity index (χ0) is 14.1. The summed E-state index contributed by atoms with van der Waals surface area (Å²) in [6.45, 7) is 2.08. The molecule has 5 nitrogen and oxygen atoms in total. The van der Waals surface area contributed by atoms with Crippen molar-refractivity contribution in [2.45, 2.75) is 25.4 Å². The van der Waals surface area contributed by atoms with Gasteiger partial charge in [-0.05, 0) is 48.7 Å². The van der Waals surface area contributed by atoms with Crippen molar-refractivity contribution in [2.24, 2.45) is 0 Å². The molecule has 3 aromatic rings. The topological polar surface area (TPSA) is 46.3 Å².